The van der Waals surface area contributed by atoms with Gasteiger partial charge < -0.3 is 10.4 Å². The molecule has 1 unspecified atom stereocenters. The molecule has 5 nitrogen and oxygen atoms in total. The number of hydrogen-bond donors (Lipinski definition) is 2. The molecule has 2 N–H and O–H groups in total. The van der Waals surface area contributed by atoms with Crippen LogP contribution in [0, 0.1) is 11.7 Å². The summed E-state index contributed by atoms with van der Waals surface area (Å²) < 4.78 is 14.4. The van der Waals surface area contributed by atoms with E-state index < -0.39 is 0 Å². The van der Waals surface area contributed by atoms with Crippen molar-refractivity contribution in [2.45, 2.75) is 19.8 Å². The van der Waals surface area contributed by atoms with E-state index in [1.165, 1.54) is 16.8 Å². The Bertz CT molecular complexity index is 514. The van der Waals surface area contributed by atoms with Crippen molar-refractivity contribution < 1.29 is 9.50 Å². The molecule has 0 saturated carbocycles. The highest BCUT2D eigenvalue weighted by Gasteiger charge is 2.04. The van der Waals surface area contributed by atoms with Crippen molar-refractivity contribution in [2.24, 2.45) is 5.92 Å². The summed E-state index contributed by atoms with van der Waals surface area (Å²) >= 11 is 0. The predicted octanol–water partition coefficient (Wildman–Crippen LogP) is 1.69. The quantitative estimate of drug-likeness (QED) is 0.768. The van der Waals surface area contributed by atoms with Crippen LogP contribution < -0.4 is 5.32 Å². The van der Waals surface area contributed by atoms with E-state index >= 15 is 0 Å². The number of aliphatic hydroxyl groups excluding tert-OH is 1. The van der Waals surface area contributed by atoms with Gasteiger partial charge in [0.15, 0.2) is 5.65 Å². The van der Waals surface area contributed by atoms with Crippen molar-refractivity contribution in [1.82, 2.24) is 14.6 Å². The Labute approximate surface area is 105 Å². The van der Waals surface area contributed by atoms with Crippen molar-refractivity contribution in [1.29, 1.82) is 0 Å². The molecule has 0 amide bonds. The number of anilines is 1. The molecule has 98 valence electrons. The van der Waals surface area contributed by atoms with Crippen LogP contribution in [-0.2, 0) is 0 Å². The smallest absolute Gasteiger partial charge is 0.243 e. The van der Waals surface area contributed by atoms with Crippen molar-refractivity contribution in [2.75, 3.05) is 18.5 Å². The van der Waals surface area contributed by atoms with Gasteiger partial charge in [-0.25, -0.2) is 8.91 Å². The lowest BCUT2D eigenvalue weighted by molar-refractivity contribution is 0.229. The molecule has 2 aromatic heterocycles. The van der Waals surface area contributed by atoms with Crippen LogP contribution in [0.2, 0.25) is 0 Å². The van der Waals surface area contributed by atoms with Crippen LogP contribution in [0.15, 0.2) is 18.3 Å². The summed E-state index contributed by atoms with van der Waals surface area (Å²) in [5.74, 6) is 0.475. The van der Waals surface area contributed by atoms with E-state index in [4.69, 9.17) is 5.11 Å². The molecule has 2 aromatic rings. The maximum absolute atomic E-state index is 12.9. The fraction of sp³-hybridized carbons (Fsp3) is 0.500. The lowest BCUT2D eigenvalue weighted by Gasteiger charge is -2.06. The van der Waals surface area contributed by atoms with Crippen molar-refractivity contribution in [3.05, 3.63) is 24.1 Å². The molecule has 0 aliphatic carbocycles. The normalized spacial score (nSPS) is 12.8. The first-order valence-electron chi connectivity index (χ1n) is 6.05. The molecule has 0 radical (unpaired) electrons. The van der Waals surface area contributed by atoms with Crippen LogP contribution in [0.4, 0.5) is 10.3 Å². The number of aromatic nitrogens is 3. The van der Waals surface area contributed by atoms with Crippen LogP contribution >= 0.6 is 0 Å². The monoisotopic (exact) mass is 252 g/mol. The summed E-state index contributed by atoms with van der Waals surface area (Å²) in [7, 11) is 0. The molecular formula is C12H17FN4O. The molecule has 1 atom stereocenters. The van der Waals surface area contributed by atoms with E-state index in [0.717, 1.165) is 19.4 Å². The standard InChI is InChI=1S/C12H17FN4O/c1-9(8-18)3-2-6-14-12-15-11-5-4-10(13)7-17(11)16-12/h4-5,7,9,18H,2-3,6,8H2,1H3,(H,14,16). The van der Waals surface area contributed by atoms with Gasteiger partial charge in [0.2, 0.25) is 5.95 Å². The summed E-state index contributed by atoms with van der Waals surface area (Å²) in [6, 6.07) is 2.94. The molecule has 18 heavy (non-hydrogen) atoms. The van der Waals surface area contributed by atoms with Gasteiger partial charge in [0, 0.05) is 13.2 Å². The van der Waals surface area contributed by atoms with E-state index in [-0.39, 0.29) is 12.4 Å². The van der Waals surface area contributed by atoms with Gasteiger partial charge in [0.25, 0.3) is 0 Å². The molecule has 0 bridgehead atoms. The minimum atomic E-state index is -0.337. The summed E-state index contributed by atoms with van der Waals surface area (Å²) in [5, 5.41) is 16.1. The average molecular weight is 252 g/mol. The van der Waals surface area contributed by atoms with Gasteiger partial charge in [-0.3, -0.25) is 0 Å². The van der Waals surface area contributed by atoms with Gasteiger partial charge >= 0.3 is 0 Å². The second-order valence-electron chi connectivity index (χ2n) is 4.44. The van der Waals surface area contributed by atoms with Gasteiger partial charge in [0.05, 0.1) is 6.20 Å². The van der Waals surface area contributed by atoms with E-state index in [1.54, 1.807) is 6.07 Å². The van der Waals surface area contributed by atoms with E-state index in [9.17, 15) is 4.39 Å². The third-order valence-electron chi connectivity index (χ3n) is 2.76. The summed E-state index contributed by atoms with van der Waals surface area (Å²) in [5.41, 5.74) is 0.614. The molecule has 0 aromatic carbocycles. The van der Waals surface area contributed by atoms with Crippen LogP contribution in [0.1, 0.15) is 19.8 Å². The number of fused-ring (bicyclic) bond motifs is 1. The average Bonchev–Trinajstić information content (AvgIpc) is 2.76. The van der Waals surface area contributed by atoms with Gasteiger partial charge in [-0.2, -0.15) is 4.98 Å². The second-order valence-corrected chi connectivity index (χ2v) is 4.44. The zero-order valence-corrected chi connectivity index (χ0v) is 10.3. The Kier molecular flexibility index (Phi) is 4.09. The molecule has 6 heteroatoms. The molecule has 0 spiro atoms. The molecule has 0 saturated heterocycles. The largest absolute Gasteiger partial charge is 0.396 e. The Morgan fingerprint density at radius 1 is 1.50 bits per heavy atom. The SMILES string of the molecule is CC(CO)CCCNc1nc2ccc(F)cn2n1. The number of nitrogens with one attached hydrogen (secondary N) is 1. The first-order chi connectivity index (χ1) is 8.69. The topological polar surface area (TPSA) is 62.5 Å². The van der Waals surface area contributed by atoms with Crippen molar-refractivity contribution in [3.63, 3.8) is 0 Å². The van der Waals surface area contributed by atoms with Crippen LogP contribution in [0.3, 0.4) is 0 Å². The zero-order valence-electron chi connectivity index (χ0n) is 10.3. The van der Waals surface area contributed by atoms with Crippen molar-refractivity contribution in [3.8, 4) is 0 Å². The van der Waals surface area contributed by atoms with Crippen LogP contribution in [0.5, 0.6) is 0 Å². The Balaban J connectivity index is 1.88. The molecule has 0 fully saturated rings. The summed E-state index contributed by atoms with van der Waals surface area (Å²) in [4.78, 5) is 4.22. The third-order valence-corrected chi connectivity index (χ3v) is 2.76. The first-order valence-corrected chi connectivity index (χ1v) is 6.05. The molecule has 0 aliphatic heterocycles. The maximum atomic E-state index is 12.9. The predicted molar refractivity (Wildman–Crippen MR) is 66.9 cm³/mol. The van der Waals surface area contributed by atoms with Crippen molar-refractivity contribution >= 4 is 11.6 Å². The summed E-state index contributed by atoms with van der Waals surface area (Å²) in [6.07, 6.45) is 3.18. The van der Waals surface area contributed by atoms with E-state index in [2.05, 4.69) is 15.4 Å². The molecular weight excluding hydrogens is 235 g/mol. The van der Waals surface area contributed by atoms with Crippen LogP contribution in [0.25, 0.3) is 5.65 Å². The van der Waals surface area contributed by atoms with Gasteiger partial charge in [-0.15, -0.1) is 5.10 Å². The lowest BCUT2D eigenvalue weighted by Crippen LogP contribution is -2.07. The summed E-state index contributed by atoms with van der Waals surface area (Å²) in [6.45, 7) is 2.96. The molecule has 2 heterocycles. The Hall–Kier alpha value is -1.69. The highest BCUT2D eigenvalue weighted by Crippen LogP contribution is 2.08. The highest BCUT2D eigenvalue weighted by molar-refractivity contribution is 5.42. The van der Waals surface area contributed by atoms with E-state index in [0.29, 0.717) is 17.5 Å². The maximum Gasteiger partial charge on any atom is 0.243 e. The second kappa shape index (κ2) is 5.77. The number of nitrogens with zero attached hydrogens (tertiary/aromatic N) is 3. The Morgan fingerprint density at radius 2 is 2.33 bits per heavy atom. The zero-order chi connectivity index (χ0) is 13.0. The van der Waals surface area contributed by atoms with E-state index in [1.807, 2.05) is 6.92 Å². The van der Waals surface area contributed by atoms with Crippen LogP contribution in [-0.4, -0.2) is 32.9 Å². The minimum Gasteiger partial charge on any atom is -0.396 e. The van der Waals surface area contributed by atoms with Gasteiger partial charge in [-0.05, 0) is 30.9 Å². The minimum absolute atomic E-state index is 0.214. The number of aliphatic hydroxyl groups is 1. The molecule has 0 aliphatic rings. The lowest BCUT2D eigenvalue weighted by atomic mass is 10.1. The van der Waals surface area contributed by atoms with Gasteiger partial charge in [-0.1, -0.05) is 6.92 Å². The highest BCUT2D eigenvalue weighted by atomic mass is 19.1. The molecule has 2 rings (SSSR count). The Morgan fingerprint density at radius 3 is 3.11 bits per heavy atom. The number of halogens is 1. The number of pyridine rings is 1. The number of rotatable bonds is 6. The fourth-order valence-electron chi connectivity index (χ4n) is 1.67. The van der Waals surface area contributed by atoms with Gasteiger partial charge in [0.1, 0.15) is 5.82 Å². The number of hydrogen-bond acceptors (Lipinski definition) is 4. The third kappa shape index (κ3) is 3.16. The first kappa shape index (κ1) is 12.8. The fourth-order valence-corrected chi connectivity index (χ4v) is 1.67.